The van der Waals surface area contributed by atoms with Crippen molar-refractivity contribution >= 4 is 39.1 Å². The van der Waals surface area contributed by atoms with E-state index in [0.29, 0.717) is 4.47 Å². The number of nitrogens with zero attached hydrogens (tertiary/aromatic N) is 1. The second-order valence-electron chi connectivity index (χ2n) is 4.02. The number of halogens is 5. The van der Waals surface area contributed by atoms with E-state index in [2.05, 4.69) is 26.2 Å². The first-order valence-corrected chi connectivity index (χ1v) is 6.74. The molecule has 0 saturated heterocycles. The van der Waals surface area contributed by atoms with Crippen LogP contribution in [0.25, 0.3) is 0 Å². The molecule has 0 spiro atoms. The third kappa shape index (κ3) is 3.95. The number of benzene rings is 1. The molecule has 1 N–H and O–H groups in total. The summed E-state index contributed by atoms with van der Waals surface area (Å²) in [5.41, 5.74) is -0.649. The van der Waals surface area contributed by atoms with Crippen molar-refractivity contribution in [2.75, 3.05) is 5.32 Å². The van der Waals surface area contributed by atoms with Crippen molar-refractivity contribution in [2.24, 2.45) is 0 Å². The summed E-state index contributed by atoms with van der Waals surface area (Å²) in [6, 6.07) is 5.83. The van der Waals surface area contributed by atoms with Crippen LogP contribution in [0.1, 0.15) is 15.9 Å². The van der Waals surface area contributed by atoms with Crippen LogP contribution in [-0.4, -0.2) is 10.9 Å². The molecule has 8 heteroatoms. The molecule has 21 heavy (non-hydrogen) atoms. The molecule has 0 bridgehead atoms. The van der Waals surface area contributed by atoms with Crippen LogP contribution in [0.3, 0.4) is 0 Å². The molecule has 0 unspecified atom stereocenters. The minimum Gasteiger partial charge on any atom is -0.321 e. The first kappa shape index (κ1) is 15.8. The molecule has 3 nitrogen and oxygen atoms in total. The minimum absolute atomic E-state index is 0.0183. The summed E-state index contributed by atoms with van der Waals surface area (Å²) in [4.78, 5) is 15.7. The molecule has 2 aromatic rings. The molecule has 2 rings (SSSR count). The molecule has 1 aromatic heterocycles. The molecule has 0 atom stereocenters. The normalized spacial score (nSPS) is 11.3. The zero-order valence-electron chi connectivity index (χ0n) is 10.2. The Morgan fingerprint density at radius 1 is 1.24 bits per heavy atom. The number of rotatable bonds is 2. The Bertz CT molecular complexity index is 674. The van der Waals surface area contributed by atoms with Gasteiger partial charge in [0.2, 0.25) is 0 Å². The number of nitrogens with one attached hydrogen (secondary N) is 1. The number of anilines is 1. The number of hydrogen-bond donors (Lipinski definition) is 1. The van der Waals surface area contributed by atoms with E-state index in [9.17, 15) is 18.0 Å². The van der Waals surface area contributed by atoms with Crippen molar-refractivity contribution < 1.29 is 18.0 Å². The lowest BCUT2D eigenvalue weighted by atomic mass is 10.2. The number of amides is 1. The van der Waals surface area contributed by atoms with Gasteiger partial charge in [0.05, 0.1) is 16.8 Å². The summed E-state index contributed by atoms with van der Waals surface area (Å²) in [7, 11) is 0. The summed E-state index contributed by atoms with van der Waals surface area (Å²) >= 11 is 8.69. The number of pyridine rings is 1. The summed E-state index contributed by atoms with van der Waals surface area (Å²) in [5.74, 6) is -0.584. The van der Waals surface area contributed by atoms with E-state index >= 15 is 0 Å². The highest BCUT2D eigenvalue weighted by Crippen LogP contribution is 2.34. The van der Waals surface area contributed by atoms with Crippen LogP contribution < -0.4 is 5.32 Å². The van der Waals surface area contributed by atoms with Crippen molar-refractivity contribution in [1.82, 2.24) is 4.98 Å². The maximum atomic E-state index is 12.7. The Kier molecular flexibility index (Phi) is 4.53. The van der Waals surface area contributed by atoms with Crippen LogP contribution in [0.4, 0.5) is 18.9 Å². The van der Waals surface area contributed by atoms with Crippen LogP contribution >= 0.6 is 27.5 Å². The van der Waals surface area contributed by atoms with Crippen molar-refractivity contribution in [3.63, 3.8) is 0 Å². The van der Waals surface area contributed by atoms with Crippen molar-refractivity contribution in [2.45, 2.75) is 6.18 Å². The Hall–Kier alpha value is -1.60. The van der Waals surface area contributed by atoms with Crippen molar-refractivity contribution in [3.05, 3.63) is 57.3 Å². The first-order valence-electron chi connectivity index (χ1n) is 5.57. The predicted molar refractivity (Wildman–Crippen MR) is 76.3 cm³/mol. The molecule has 110 valence electrons. The van der Waals surface area contributed by atoms with Crippen LogP contribution in [0.2, 0.25) is 5.15 Å². The Morgan fingerprint density at radius 3 is 2.52 bits per heavy atom. The van der Waals surface area contributed by atoms with Crippen LogP contribution in [0.5, 0.6) is 0 Å². The molecule has 0 aliphatic rings. The lowest BCUT2D eigenvalue weighted by Crippen LogP contribution is -2.14. The predicted octanol–water partition coefficient (Wildman–Crippen LogP) is 4.77. The summed E-state index contributed by atoms with van der Waals surface area (Å²) in [6.45, 7) is 0. The number of alkyl halides is 3. The molecule has 1 heterocycles. The monoisotopic (exact) mass is 378 g/mol. The highest BCUT2D eigenvalue weighted by Gasteiger charge is 2.31. The van der Waals surface area contributed by atoms with Gasteiger partial charge in [-0.2, -0.15) is 13.2 Å². The fraction of sp³-hybridized carbons (Fsp3) is 0.0769. The maximum Gasteiger partial charge on any atom is 0.416 e. The van der Waals surface area contributed by atoms with E-state index in [-0.39, 0.29) is 16.4 Å². The Balaban J connectivity index is 2.26. The summed E-state index contributed by atoms with van der Waals surface area (Å²) in [6.07, 6.45) is -3.25. The SMILES string of the molecule is O=C(Nc1cc(C(F)(F)F)ccc1Br)c1ccc(Cl)nc1. The summed E-state index contributed by atoms with van der Waals surface area (Å²) < 4.78 is 38.3. The van der Waals surface area contributed by atoms with Crippen LogP contribution in [0.15, 0.2) is 41.0 Å². The van der Waals surface area contributed by atoms with Crippen LogP contribution in [0, 0.1) is 0 Å². The standard InChI is InChI=1S/C13H7BrClF3N2O/c14-9-3-2-8(13(16,17)18)5-10(9)20-12(21)7-1-4-11(15)19-6-7/h1-6H,(H,20,21). The van der Waals surface area contributed by atoms with Gasteiger partial charge in [0, 0.05) is 10.7 Å². The second-order valence-corrected chi connectivity index (χ2v) is 5.26. The average molecular weight is 380 g/mol. The molecule has 1 aromatic carbocycles. The molecule has 0 saturated carbocycles. The Labute approximate surface area is 131 Å². The maximum absolute atomic E-state index is 12.7. The molecule has 0 aliphatic heterocycles. The molecular weight excluding hydrogens is 373 g/mol. The average Bonchev–Trinajstić information content (AvgIpc) is 2.40. The molecule has 0 fully saturated rings. The number of hydrogen-bond acceptors (Lipinski definition) is 2. The number of aromatic nitrogens is 1. The van der Waals surface area contributed by atoms with E-state index in [1.165, 1.54) is 24.4 Å². The quantitative estimate of drug-likeness (QED) is 0.764. The third-order valence-corrected chi connectivity index (χ3v) is 3.45. The van der Waals surface area contributed by atoms with Crippen molar-refractivity contribution in [3.8, 4) is 0 Å². The Morgan fingerprint density at radius 2 is 1.95 bits per heavy atom. The van der Waals surface area contributed by atoms with E-state index in [0.717, 1.165) is 12.1 Å². The van der Waals surface area contributed by atoms with Gasteiger partial charge in [-0.15, -0.1) is 0 Å². The van der Waals surface area contributed by atoms with Gasteiger partial charge in [-0.1, -0.05) is 11.6 Å². The molecule has 0 aliphatic carbocycles. The van der Waals surface area contributed by atoms with Gasteiger partial charge >= 0.3 is 6.18 Å². The van der Waals surface area contributed by atoms with Gasteiger partial charge in [-0.3, -0.25) is 4.79 Å². The molecule has 0 radical (unpaired) electrons. The summed E-state index contributed by atoms with van der Waals surface area (Å²) in [5, 5.41) is 2.60. The highest BCUT2D eigenvalue weighted by atomic mass is 79.9. The van der Waals surface area contributed by atoms with Gasteiger partial charge in [0.25, 0.3) is 5.91 Å². The van der Waals surface area contributed by atoms with Gasteiger partial charge < -0.3 is 5.32 Å². The van der Waals surface area contributed by atoms with E-state index in [1.807, 2.05) is 0 Å². The third-order valence-electron chi connectivity index (χ3n) is 2.53. The number of carbonyl (C=O) groups is 1. The smallest absolute Gasteiger partial charge is 0.321 e. The van der Waals surface area contributed by atoms with Gasteiger partial charge in [-0.05, 0) is 46.3 Å². The van der Waals surface area contributed by atoms with E-state index in [1.54, 1.807) is 0 Å². The van der Waals surface area contributed by atoms with Gasteiger partial charge in [0.15, 0.2) is 0 Å². The lowest BCUT2D eigenvalue weighted by Gasteiger charge is -2.11. The fourth-order valence-electron chi connectivity index (χ4n) is 1.50. The van der Waals surface area contributed by atoms with Crippen LogP contribution in [-0.2, 0) is 6.18 Å². The molecule has 1 amide bonds. The second kappa shape index (κ2) is 6.03. The van der Waals surface area contributed by atoms with E-state index in [4.69, 9.17) is 11.6 Å². The van der Waals surface area contributed by atoms with Crippen molar-refractivity contribution in [1.29, 1.82) is 0 Å². The first-order chi connectivity index (χ1) is 9.77. The largest absolute Gasteiger partial charge is 0.416 e. The minimum atomic E-state index is -4.48. The highest BCUT2D eigenvalue weighted by molar-refractivity contribution is 9.10. The van der Waals surface area contributed by atoms with Gasteiger partial charge in [0.1, 0.15) is 5.15 Å². The molecular formula is C13H7BrClF3N2O. The van der Waals surface area contributed by atoms with Gasteiger partial charge in [-0.25, -0.2) is 4.98 Å². The zero-order valence-corrected chi connectivity index (χ0v) is 12.6. The fourth-order valence-corrected chi connectivity index (χ4v) is 1.96. The topological polar surface area (TPSA) is 42.0 Å². The van der Waals surface area contributed by atoms with E-state index < -0.39 is 17.6 Å². The number of carbonyl (C=O) groups excluding carboxylic acids is 1. The zero-order chi connectivity index (χ0) is 15.6. The lowest BCUT2D eigenvalue weighted by molar-refractivity contribution is -0.137.